The van der Waals surface area contributed by atoms with E-state index in [1.165, 1.54) is 0 Å². The van der Waals surface area contributed by atoms with Crippen molar-refractivity contribution in [1.29, 1.82) is 0 Å². The standard InChI is InChI=1S/C14H23N3O/c1-4-17(5-2)13(18)9-10-16-12-8-6-7-11(3)14(12)15/h6-8,16H,4-5,9-10,15H2,1-3H3. The van der Waals surface area contributed by atoms with Gasteiger partial charge in [-0.15, -0.1) is 0 Å². The summed E-state index contributed by atoms with van der Waals surface area (Å²) in [6.45, 7) is 8.11. The lowest BCUT2D eigenvalue weighted by molar-refractivity contribution is -0.130. The lowest BCUT2D eigenvalue weighted by atomic mass is 10.1. The number of carbonyl (C=O) groups is 1. The van der Waals surface area contributed by atoms with Crippen LogP contribution in [0.3, 0.4) is 0 Å². The number of hydrogen-bond acceptors (Lipinski definition) is 3. The molecule has 0 aliphatic rings. The van der Waals surface area contributed by atoms with Crippen LogP contribution >= 0.6 is 0 Å². The van der Waals surface area contributed by atoms with Crippen LogP contribution in [-0.4, -0.2) is 30.4 Å². The number of rotatable bonds is 6. The van der Waals surface area contributed by atoms with Gasteiger partial charge in [0.1, 0.15) is 0 Å². The number of anilines is 2. The molecule has 1 rings (SSSR count). The summed E-state index contributed by atoms with van der Waals surface area (Å²) in [5.41, 5.74) is 8.67. The first kappa shape index (κ1) is 14.4. The van der Waals surface area contributed by atoms with Gasteiger partial charge < -0.3 is 16.0 Å². The zero-order valence-electron chi connectivity index (χ0n) is 11.5. The Morgan fingerprint density at radius 3 is 2.61 bits per heavy atom. The Morgan fingerprint density at radius 1 is 1.33 bits per heavy atom. The second-order valence-electron chi connectivity index (χ2n) is 4.28. The Kier molecular flexibility index (Phi) is 5.49. The zero-order valence-corrected chi connectivity index (χ0v) is 11.5. The van der Waals surface area contributed by atoms with E-state index in [1.54, 1.807) is 0 Å². The number of para-hydroxylation sites is 1. The van der Waals surface area contributed by atoms with E-state index in [-0.39, 0.29) is 5.91 Å². The normalized spacial score (nSPS) is 10.2. The number of aryl methyl sites for hydroxylation is 1. The van der Waals surface area contributed by atoms with Crippen molar-refractivity contribution in [1.82, 2.24) is 4.90 Å². The van der Waals surface area contributed by atoms with Crippen molar-refractivity contribution in [2.24, 2.45) is 0 Å². The van der Waals surface area contributed by atoms with E-state index in [9.17, 15) is 4.79 Å². The minimum atomic E-state index is 0.179. The van der Waals surface area contributed by atoms with Gasteiger partial charge in [-0.05, 0) is 32.4 Å². The highest BCUT2D eigenvalue weighted by atomic mass is 16.2. The molecule has 4 nitrogen and oxygen atoms in total. The summed E-state index contributed by atoms with van der Waals surface area (Å²) < 4.78 is 0. The van der Waals surface area contributed by atoms with Gasteiger partial charge in [0, 0.05) is 26.1 Å². The monoisotopic (exact) mass is 249 g/mol. The van der Waals surface area contributed by atoms with Crippen molar-refractivity contribution in [2.75, 3.05) is 30.7 Å². The summed E-state index contributed by atoms with van der Waals surface area (Å²) in [7, 11) is 0. The maximum Gasteiger partial charge on any atom is 0.224 e. The number of nitrogens with two attached hydrogens (primary N) is 1. The molecule has 0 aromatic heterocycles. The summed E-state index contributed by atoms with van der Waals surface area (Å²) in [5.74, 6) is 0.179. The molecule has 3 N–H and O–H groups in total. The SMILES string of the molecule is CCN(CC)C(=O)CCNc1cccc(C)c1N. The molecule has 0 unspecified atom stereocenters. The third-order valence-electron chi connectivity index (χ3n) is 3.09. The minimum Gasteiger partial charge on any atom is -0.397 e. The minimum absolute atomic E-state index is 0.179. The molecule has 1 aromatic carbocycles. The van der Waals surface area contributed by atoms with Gasteiger partial charge in [-0.25, -0.2) is 0 Å². The number of nitrogen functional groups attached to an aromatic ring is 1. The van der Waals surface area contributed by atoms with Crippen molar-refractivity contribution < 1.29 is 4.79 Å². The first-order valence-electron chi connectivity index (χ1n) is 6.46. The number of nitrogens with zero attached hydrogens (tertiary/aromatic N) is 1. The predicted molar refractivity (Wildman–Crippen MR) is 76.6 cm³/mol. The molecule has 1 amide bonds. The molecule has 0 aliphatic carbocycles. The lowest BCUT2D eigenvalue weighted by Gasteiger charge is -2.19. The number of nitrogens with one attached hydrogen (secondary N) is 1. The summed E-state index contributed by atoms with van der Waals surface area (Å²) in [5, 5.41) is 3.22. The smallest absolute Gasteiger partial charge is 0.224 e. The Hall–Kier alpha value is -1.71. The molecule has 0 spiro atoms. The average molecular weight is 249 g/mol. The largest absolute Gasteiger partial charge is 0.397 e. The molecule has 0 aliphatic heterocycles. The van der Waals surface area contributed by atoms with Crippen LogP contribution in [0.2, 0.25) is 0 Å². The van der Waals surface area contributed by atoms with Crippen LogP contribution in [0.4, 0.5) is 11.4 Å². The summed E-state index contributed by atoms with van der Waals surface area (Å²) in [6.07, 6.45) is 0.495. The maximum atomic E-state index is 11.8. The number of benzene rings is 1. The van der Waals surface area contributed by atoms with Crippen molar-refractivity contribution in [3.63, 3.8) is 0 Å². The van der Waals surface area contributed by atoms with E-state index in [2.05, 4.69) is 5.32 Å². The van der Waals surface area contributed by atoms with Gasteiger partial charge >= 0.3 is 0 Å². The average Bonchev–Trinajstić information content (AvgIpc) is 2.36. The van der Waals surface area contributed by atoms with Crippen LogP contribution in [-0.2, 0) is 4.79 Å². The van der Waals surface area contributed by atoms with E-state index < -0.39 is 0 Å². The molecule has 0 atom stereocenters. The van der Waals surface area contributed by atoms with Crippen LogP contribution in [0, 0.1) is 6.92 Å². The summed E-state index contributed by atoms with van der Waals surface area (Å²) >= 11 is 0. The van der Waals surface area contributed by atoms with Crippen molar-refractivity contribution in [3.05, 3.63) is 23.8 Å². The second kappa shape index (κ2) is 6.89. The van der Waals surface area contributed by atoms with Gasteiger partial charge in [-0.3, -0.25) is 4.79 Å². The molecule has 0 heterocycles. The fourth-order valence-electron chi connectivity index (χ4n) is 1.87. The van der Waals surface area contributed by atoms with Gasteiger partial charge in [-0.1, -0.05) is 12.1 Å². The Morgan fingerprint density at radius 2 is 2.00 bits per heavy atom. The molecule has 0 saturated heterocycles. The molecule has 1 aromatic rings. The molecule has 100 valence electrons. The van der Waals surface area contributed by atoms with Crippen LogP contribution in [0.15, 0.2) is 18.2 Å². The molecule has 18 heavy (non-hydrogen) atoms. The second-order valence-corrected chi connectivity index (χ2v) is 4.28. The fraction of sp³-hybridized carbons (Fsp3) is 0.500. The highest BCUT2D eigenvalue weighted by Gasteiger charge is 2.09. The van der Waals surface area contributed by atoms with E-state index >= 15 is 0 Å². The molecule has 0 bridgehead atoms. The quantitative estimate of drug-likeness (QED) is 0.760. The van der Waals surface area contributed by atoms with Crippen molar-refractivity contribution in [2.45, 2.75) is 27.2 Å². The van der Waals surface area contributed by atoms with Crippen LogP contribution in [0.1, 0.15) is 25.8 Å². The third kappa shape index (κ3) is 3.65. The number of hydrogen-bond donors (Lipinski definition) is 2. The highest BCUT2D eigenvalue weighted by Crippen LogP contribution is 2.21. The van der Waals surface area contributed by atoms with Gasteiger partial charge in [0.05, 0.1) is 11.4 Å². The number of amides is 1. The van der Waals surface area contributed by atoms with E-state index in [0.29, 0.717) is 13.0 Å². The van der Waals surface area contributed by atoms with Crippen LogP contribution in [0.5, 0.6) is 0 Å². The summed E-state index contributed by atoms with van der Waals surface area (Å²) in [6, 6.07) is 5.87. The van der Waals surface area contributed by atoms with Gasteiger partial charge in [0.25, 0.3) is 0 Å². The first-order chi connectivity index (χ1) is 8.60. The van der Waals surface area contributed by atoms with Gasteiger partial charge in [-0.2, -0.15) is 0 Å². The Labute approximate surface area is 109 Å². The van der Waals surface area contributed by atoms with Gasteiger partial charge in [0.15, 0.2) is 0 Å². The van der Waals surface area contributed by atoms with Gasteiger partial charge in [0.2, 0.25) is 5.91 Å². The molecule has 0 radical (unpaired) electrons. The molecular formula is C14H23N3O. The van der Waals surface area contributed by atoms with Crippen LogP contribution < -0.4 is 11.1 Å². The summed E-state index contributed by atoms with van der Waals surface area (Å²) in [4.78, 5) is 13.6. The van der Waals surface area contributed by atoms with E-state index in [0.717, 1.165) is 30.0 Å². The Bertz CT molecular complexity index is 400. The Balaban J connectivity index is 2.47. The molecule has 4 heteroatoms. The van der Waals surface area contributed by atoms with E-state index in [4.69, 9.17) is 5.73 Å². The topological polar surface area (TPSA) is 58.4 Å². The third-order valence-corrected chi connectivity index (χ3v) is 3.09. The number of carbonyl (C=O) groups excluding carboxylic acids is 1. The molecular weight excluding hydrogens is 226 g/mol. The highest BCUT2D eigenvalue weighted by molar-refractivity contribution is 5.77. The lowest BCUT2D eigenvalue weighted by Crippen LogP contribution is -2.31. The van der Waals surface area contributed by atoms with Crippen molar-refractivity contribution in [3.8, 4) is 0 Å². The maximum absolute atomic E-state index is 11.8. The molecule has 0 saturated carbocycles. The van der Waals surface area contributed by atoms with Crippen LogP contribution in [0.25, 0.3) is 0 Å². The predicted octanol–water partition coefficient (Wildman–Crippen LogP) is 2.25. The first-order valence-corrected chi connectivity index (χ1v) is 6.46. The zero-order chi connectivity index (χ0) is 13.5. The van der Waals surface area contributed by atoms with E-state index in [1.807, 2.05) is 43.9 Å². The molecule has 0 fully saturated rings. The van der Waals surface area contributed by atoms with Crippen molar-refractivity contribution >= 4 is 17.3 Å². The fourth-order valence-corrected chi connectivity index (χ4v) is 1.87.